The minimum absolute atomic E-state index is 0.618. The van der Waals surface area contributed by atoms with Crippen molar-refractivity contribution in [1.82, 2.24) is 0 Å². The molecule has 0 saturated carbocycles. The molecule has 0 atom stereocenters. The van der Waals surface area contributed by atoms with E-state index in [0.717, 1.165) is 18.8 Å². The van der Waals surface area contributed by atoms with Crippen molar-refractivity contribution in [2.75, 3.05) is 25.1 Å². The van der Waals surface area contributed by atoms with Crippen molar-refractivity contribution >= 4 is 11.8 Å². The second-order valence-electron chi connectivity index (χ2n) is 5.81. The van der Waals surface area contributed by atoms with Gasteiger partial charge in [0, 0.05) is 18.8 Å². The minimum Gasteiger partial charge on any atom is -0.497 e. The summed E-state index contributed by atoms with van der Waals surface area (Å²) in [5, 5.41) is 0. The van der Waals surface area contributed by atoms with E-state index in [1.807, 2.05) is 18.2 Å². The fourth-order valence-electron chi connectivity index (χ4n) is 2.40. The smallest absolute Gasteiger partial charge is 0.119 e. The molecule has 0 N–H and O–H groups in total. The van der Waals surface area contributed by atoms with Crippen LogP contribution in [0.4, 0.5) is 5.69 Å². The van der Waals surface area contributed by atoms with E-state index in [-0.39, 0.29) is 0 Å². The number of nitrogens with zero attached hydrogens (tertiary/aromatic N) is 1. The van der Waals surface area contributed by atoms with Crippen molar-refractivity contribution in [2.45, 2.75) is 13.8 Å². The Morgan fingerprint density at radius 1 is 1.00 bits per heavy atom. The quantitative estimate of drug-likeness (QED) is 0.722. The van der Waals surface area contributed by atoms with E-state index < -0.39 is 0 Å². The van der Waals surface area contributed by atoms with Crippen LogP contribution in [0.5, 0.6) is 5.75 Å². The largest absolute Gasteiger partial charge is 0.497 e. The maximum Gasteiger partial charge on any atom is 0.119 e. The van der Waals surface area contributed by atoms with Crippen LogP contribution in [0.25, 0.3) is 6.08 Å². The minimum atomic E-state index is 0.618. The van der Waals surface area contributed by atoms with Crippen molar-refractivity contribution in [2.24, 2.45) is 5.92 Å². The van der Waals surface area contributed by atoms with Crippen molar-refractivity contribution < 1.29 is 4.74 Å². The molecule has 0 amide bonds. The van der Waals surface area contributed by atoms with Gasteiger partial charge in [-0.05, 0) is 35.7 Å². The van der Waals surface area contributed by atoms with Crippen LogP contribution < -0.4 is 9.64 Å². The van der Waals surface area contributed by atoms with E-state index in [0.29, 0.717) is 5.92 Å². The van der Waals surface area contributed by atoms with Crippen molar-refractivity contribution in [3.05, 3.63) is 66.2 Å². The van der Waals surface area contributed by atoms with Crippen molar-refractivity contribution in [3.8, 4) is 5.75 Å². The zero-order valence-electron chi connectivity index (χ0n) is 13.7. The summed E-state index contributed by atoms with van der Waals surface area (Å²) in [5.74, 6) is 1.51. The topological polar surface area (TPSA) is 12.5 Å². The predicted octanol–water partition coefficient (Wildman–Crippen LogP) is 4.87. The first kappa shape index (κ1) is 16.2. The van der Waals surface area contributed by atoms with Crippen LogP contribution in [-0.4, -0.2) is 20.2 Å². The van der Waals surface area contributed by atoms with Crippen LogP contribution in [0.2, 0.25) is 0 Å². The Hall–Kier alpha value is -2.22. The molecule has 0 aliphatic carbocycles. The first-order chi connectivity index (χ1) is 10.7. The standard InChI is InChI=1S/C20H25NO/c1-17(2)16-21(19-11-13-20(22-3)14-12-19)15-7-10-18-8-5-4-6-9-18/h4-14,17H,15-16H2,1-3H3/b10-7+. The zero-order valence-corrected chi connectivity index (χ0v) is 13.7. The normalized spacial score (nSPS) is 11.1. The molecule has 0 aliphatic rings. The van der Waals surface area contributed by atoms with E-state index in [4.69, 9.17) is 4.74 Å². The van der Waals surface area contributed by atoms with Crippen LogP contribution in [0.3, 0.4) is 0 Å². The Balaban J connectivity index is 2.06. The molecule has 0 heterocycles. The van der Waals surface area contributed by atoms with Gasteiger partial charge in [0.15, 0.2) is 0 Å². The Morgan fingerprint density at radius 3 is 2.27 bits per heavy atom. The molecule has 0 fully saturated rings. The highest BCUT2D eigenvalue weighted by molar-refractivity contribution is 5.53. The average molecular weight is 295 g/mol. The molecule has 0 unspecified atom stereocenters. The molecule has 0 aromatic heterocycles. The Kier molecular flexibility index (Phi) is 6.08. The molecule has 0 spiro atoms. The van der Waals surface area contributed by atoms with Gasteiger partial charge in [-0.3, -0.25) is 0 Å². The SMILES string of the molecule is COc1ccc(N(C/C=C/c2ccccc2)CC(C)C)cc1. The first-order valence-corrected chi connectivity index (χ1v) is 7.79. The number of hydrogen-bond acceptors (Lipinski definition) is 2. The predicted molar refractivity (Wildman–Crippen MR) is 95.5 cm³/mol. The number of rotatable bonds is 7. The summed E-state index contributed by atoms with van der Waals surface area (Å²) in [5.41, 5.74) is 2.47. The molecule has 0 saturated heterocycles. The molecular weight excluding hydrogens is 270 g/mol. The van der Waals surface area contributed by atoms with Gasteiger partial charge in [-0.15, -0.1) is 0 Å². The number of methoxy groups -OCH3 is 1. The first-order valence-electron chi connectivity index (χ1n) is 7.79. The third-order valence-electron chi connectivity index (χ3n) is 3.46. The van der Waals surface area contributed by atoms with Gasteiger partial charge in [0.2, 0.25) is 0 Å². The van der Waals surface area contributed by atoms with E-state index in [1.54, 1.807) is 7.11 Å². The van der Waals surface area contributed by atoms with E-state index >= 15 is 0 Å². The van der Waals surface area contributed by atoms with Crippen LogP contribution in [0, 0.1) is 5.92 Å². The fraction of sp³-hybridized carbons (Fsp3) is 0.300. The zero-order chi connectivity index (χ0) is 15.8. The maximum absolute atomic E-state index is 5.24. The van der Waals surface area contributed by atoms with Gasteiger partial charge in [0.05, 0.1) is 7.11 Å². The van der Waals surface area contributed by atoms with E-state index in [9.17, 15) is 0 Å². The number of ether oxygens (including phenoxy) is 1. The lowest BCUT2D eigenvalue weighted by Crippen LogP contribution is -2.27. The molecule has 0 radical (unpaired) electrons. The molecule has 0 aliphatic heterocycles. The van der Waals surface area contributed by atoms with Crippen LogP contribution in [0.15, 0.2) is 60.7 Å². The van der Waals surface area contributed by atoms with E-state index in [2.05, 4.69) is 67.3 Å². The lowest BCUT2D eigenvalue weighted by molar-refractivity contribution is 0.415. The average Bonchev–Trinajstić information content (AvgIpc) is 2.55. The van der Waals surface area contributed by atoms with Gasteiger partial charge in [0.1, 0.15) is 5.75 Å². The summed E-state index contributed by atoms with van der Waals surface area (Å²) in [6.45, 7) is 6.43. The number of anilines is 1. The van der Waals surface area contributed by atoms with Gasteiger partial charge >= 0.3 is 0 Å². The fourth-order valence-corrected chi connectivity index (χ4v) is 2.40. The summed E-state index contributed by atoms with van der Waals surface area (Å²) >= 11 is 0. The molecule has 2 nitrogen and oxygen atoms in total. The monoisotopic (exact) mass is 295 g/mol. The van der Waals surface area contributed by atoms with Crippen molar-refractivity contribution in [1.29, 1.82) is 0 Å². The molecule has 22 heavy (non-hydrogen) atoms. The highest BCUT2D eigenvalue weighted by Crippen LogP contribution is 2.20. The summed E-state index contributed by atoms with van der Waals surface area (Å²) < 4.78 is 5.24. The second kappa shape index (κ2) is 8.28. The summed E-state index contributed by atoms with van der Waals surface area (Å²) in [6.07, 6.45) is 4.40. The van der Waals surface area contributed by atoms with Gasteiger partial charge in [-0.2, -0.15) is 0 Å². The van der Waals surface area contributed by atoms with Crippen LogP contribution in [0.1, 0.15) is 19.4 Å². The highest BCUT2D eigenvalue weighted by atomic mass is 16.5. The van der Waals surface area contributed by atoms with E-state index in [1.165, 1.54) is 11.3 Å². The highest BCUT2D eigenvalue weighted by Gasteiger charge is 2.07. The molecule has 2 heteroatoms. The van der Waals surface area contributed by atoms with Gasteiger partial charge in [-0.25, -0.2) is 0 Å². The lowest BCUT2D eigenvalue weighted by atomic mass is 10.1. The lowest BCUT2D eigenvalue weighted by Gasteiger charge is -2.25. The Labute approximate surface area is 134 Å². The number of benzene rings is 2. The Bertz CT molecular complexity index is 572. The maximum atomic E-state index is 5.24. The summed E-state index contributed by atoms with van der Waals surface area (Å²) in [6, 6.07) is 18.7. The third kappa shape index (κ3) is 4.96. The number of hydrogen-bond donors (Lipinski definition) is 0. The molecule has 0 bridgehead atoms. The van der Waals surface area contributed by atoms with Gasteiger partial charge in [0.25, 0.3) is 0 Å². The molecule has 116 valence electrons. The summed E-state index contributed by atoms with van der Waals surface area (Å²) in [7, 11) is 1.70. The molecule has 2 rings (SSSR count). The van der Waals surface area contributed by atoms with Crippen LogP contribution in [-0.2, 0) is 0 Å². The van der Waals surface area contributed by atoms with Gasteiger partial charge in [-0.1, -0.05) is 56.3 Å². The molecule has 2 aromatic rings. The molecular formula is C20H25NO. The van der Waals surface area contributed by atoms with Crippen LogP contribution >= 0.6 is 0 Å². The molecule has 2 aromatic carbocycles. The van der Waals surface area contributed by atoms with Gasteiger partial charge < -0.3 is 9.64 Å². The second-order valence-corrected chi connectivity index (χ2v) is 5.81. The Morgan fingerprint density at radius 2 is 1.68 bits per heavy atom. The van der Waals surface area contributed by atoms with Crippen molar-refractivity contribution in [3.63, 3.8) is 0 Å². The third-order valence-corrected chi connectivity index (χ3v) is 3.46. The summed E-state index contributed by atoms with van der Waals surface area (Å²) in [4.78, 5) is 2.39.